The first-order chi connectivity index (χ1) is 27.3. The molecule has 0 aromatic carbocycles. The van der Waals surface area contributed by atoms with Crippen molar-refractivity contribution in [3.8, 4) is 0 Å². The minimum Gasteiger partial charge on any atom is -0.462 e. The molecule has 0 rings (SSSR count). The molecular weight excluding hydrogens is 725 g/mol. The zero-order valence-corrected chi connectivity index (χ0v) is 36.2. The van der Waals surface area contributed by atoms with E-state index in [2.05, 4.69) is 98.2 Å². The van der Waals surface area contributed by atoms with E-state index in [9.17, 15) is 19.0 Å². The van der Waals surface area contributed by atoms with Crippen LogP contribution in [0.15, 0.2) is 85.1 Å². The molecule has 9 nitrogen and oxygen atoms in total. The topological polar surface area (TPSA) is 120 Å². The molecule has 0 aromatic rings. The van der Waals surface area contributed by atoms with Crippen LogP contribution in [-0.2, 0) is 32.7 Å². The average Bonchev–Trinajstić information content (AvgIpc) is 3.18. The van der Waals surface area contributed by atoms with Crippen molar-refractivity contribution < 1.29 is 37.6 Å². The molecule has 2 unspecified atom stereocenters. The van der Waals surface area contributed by atoms with E-state index in [0.29, 0.717) is 19.4 Å². The molecule has 0 aliphatic heterocycles. The lowest BCUT2D eigenvalue weighted by Gasteiger charge is -2.20. The van der Waals surface area contributed by atoms with E-state index in [1.807, 2.05) is 6.08 Å². The van der Waals surface area contributed by atoms with Crippen LogP contribution in [0.3, 0.4) is 0 Å². The monoisotopic (exact) mass is 804 g/mol. The number of likely N-dealkylation sites (N-methyl/N-ethyl adjacent to an activating group) is 1. The summed E-state index contributed by atoms with van der Waals surface area (Å²) < 4.78 is 33.1. The van der Waals surface area contributed by atoms with Gasteiger partial charge in [-0.05, 0) is 96.9 Å². The van der Waals surface area contributed by atoms with Crippen LogP contribution in [0.1, 0.15) is 155 Å². The van der Waals surface area contributed by atoms with E-state index < -0.39 is 32.5 Å². The maximum Gasteiger partial charge on any atom is 0.472 e. The Morgan fingerprint density at radius 3 is 1.46 bits per heavy atom. The van der Waals surface area contributed by atoms with Gasteiger partial charge in [0, 0.05) is 19.4 Å². The Morgan fingerprint density at radius 1 is 0.554 bits per heavy atom. The fourth-order valence-electron chi connectivity index (χ4n) is 5.20. The summed E-state index contributed by atoms with van der Waals surface area (Å²) in [6.45, 7) is 4.05. The van der Waals surface area contributed by atoms with E-state index >= 15 is 0 Å². The Hall–Kier alpha value is -2.81. The highest BCUT2D eigenvalue weighted by molar-refractivity contribution is 7.47. The maximum absolute atomic E-state index is 12.6. The Balaban J connectivity index is 4.39. The van der Waals surface area contributed by atoms with Crippen LogP contribution in [0.2, 0.25) is 0 Å². The number of esters is 2. The first-order valence-electron chi connectivity index (χ1n) is 21.5. The molecule has 0 heterocycles. The van der Waals surface area contributed by atoms with Crippen LogP contribution in [0.25, 0.3) is 0 Å². The summed E-state index contributed by atoms with van der Waals surface area (Å²) in [6.07, 6.45) is 50.6. The number of allylic oxidation sites excluding steroid dienone is 14. The first-order valence-corrected chi connectivity index (χ1v) is 23.0. The summed E-state index contributed by atoms with van der Waals surface area (Å²) in [6, 6.07) is 0. The predicted molar refractivity (Wildman–Crippen MR) is 233 cm³/mol. The van der Waals surface area contributed by atoms with Crippen LogP contribution >= 0.6 is 7.82 Å². The number of carbonyl (C=O) groups is 2. The molecule has 0 radical (unpaired) electrons. The van der Waals surface area contributed by atoms with Gasteiger partial charge in [-0.15, -0.1) is 0 Å². The van der Waals surface area contributed by atoms with Crippen LogP contribution in [-0.4, -0.2) is 56.3 Å². The van der Waals surface area contributed by atoms with Crippen molar-refractivity contribution in [3.63, 3.8) is 0 Å². The molecule has 2 atom stereocenters. The number of phosphoric acid groups is 1. The standard InChI is InChI=1S/C46H78NO8P/c1-4-6-8-10-12-14-16-18-20-22-24-26-28-30-32-34-36-38-45(48)52-42-44(43-54-56(50,51)53-41-40-47-3)55-46(49)39-37-35-33-31-29-27-25-23-21-19-17-15-13-11-9-7-5-2/h12-15,18-21,24-27,30,32,44,47H,4-11,16-17,22-23,28-29,31,33-43H2,1-3H3,(H,50,51)/b14-12-,15-13-,20-18-,21-19-,26-24-,27-25-,32-30-. The third kappa shape index (κ3) is 40.8. The van der Waals surface area contributed by atoms with Crippen molar-refractivity contribution in [1.82, 2.24) is 5.32 Å². The van der Waals surface area contributed by atoms with Crippen molar-refractivity contribution in [2.75, 3.05) is 33.4 Å². The van der Waals surface area contributed by atoms with Gasteiger partial charge in [0.05, 0.1) is 13.2 Å². The fourth-order valence-corrected chi connectivity index (χ4v) is 5.95. The minimum absolute atomic E-state index is 0.0346. The number of nitrogens with one attached hydrogen (secondary N) is 1. The van der Waals surface area contributed by atoms with Gasteiger partial charge in [-0.2, -0.15) is 0 Å². The van der Waals surface area contributed by atoms with Crippen molar-refractivity contribution in [2.45, 2.75) is 161 Å². The van der Waals surface area contributed by atoms with Gasteiger partial charge in [0.15, 0.2) is 6.10 Å². The molecule has 0 fully saturated rings. The molecule has 0 saturated heterocycles. The third-order valence-corrected chi connectivity index (χ3v) is 9.47. The lowest BCUT2D eigenvalue weighted by molar-refractivity contribution is -0.161. The van der Waals surface area contributed by atoms with Gasteiger partial charge < -0.3 is 19.7 Å². The average molecular weight is 804 g/mol. The molecule has 0 aromatic heterocycles. The molecule has 0 aliphatic carbocycles. The minimum atomic E-state index is -4.37. The molecule has 10 heteroatoms. The van der Waals surface area contributed by atoms with Crippen molar-refractivity contribution in [1.29, 1.82) is 0 Å². The van der Waals surface area contributed by atoms with E-state index in [1.54, 1.807) is 7.05 Å². The zero-order chi connectivity index (χ0) is 41.1. The summed E-state index contributed by atoms with van der Waals surface area (Å²) in [4.78, 5) is 35.0. The Bertz CT molecular complexity index is 1190. The van der Waals surface area contributed by atoms with Gasteiger partial charge in [0.25, 0.3) is 0 Å². The Kier molecular flexibility index (Phi) is 39.7. The summed E-state index contributed by atoms with van der Waals surface area (Å²) >= 11 is 0. The molecular formula is C46H78NO8P. The van der Waals surface area contributed by atoms with E-state index in [-0.39, 0.29) is 26.1 Å². The number of rotatable bonds is 39. The highest BCUT2D eigenvalue weighted by Gasteiger charge is 2.26. The number of phosphoric ester groups is 1. The van der Waals surface area contributed by atoms with Crippen molar-refractivity contribution in [3.05, 3.63) is 85.1 Å². The fraction of sp³-hybridized carbons (Fsp3) is 0.652. The van der Waals surface area contributed by atoms with Gasteiger partial charge in [-0.25, -0.2) is 4.57 Å². The zero-order valence-electron chi connectivity index (χ0n) is 35.3. The van der Waals surface area contributed by atoms with Crippen LogP contribution in [0.5, 0.6) is 0 Å². The number of unbranched alkanes of at least 4 members (excludes halogenated alkanes) is 11. The maximum atomic E-state index is 12.6. The molecule has 0 aliphatic rings. The third-order valence-electron chi connectivity index (χ3n) is 8.49. The van der Waals surface area contributed by atoms with Gasteiger partial charge in [0.1, 0.15) is 6.61 Å². The van der Waals surface area contributed by atoms with Gasteiger partial charge in [-0.1, -0.05) is 137 Å². The lowest BCUT2D eigenvalue weighted by atomic mass is 10.1. The van der Waals surface area contributed by atoms with Gasteiger partial charge in [0.2, 0.25) is 0 Å². The molecule has 0 bridgehead atoms. The quantitative estimate of drug-likeness (QED) is 0.0271. The van der Waals surface area contributed by atoms with E-state index in [0.717, 1.165) is 64.2 Å². The first kappa shape index (κ1) is 53.2. The second kappa shape index (κ2) is 41.8. The van der Waals surface area contributed by atoms with Crippen LogP contribution in [0, 0.1) is 0 Å². The normalized spacial score (nSPS) is 14.1. The predicted octanol–water partition coefficient (Wildman–Crippen LogP) is 12.3. The van der Waals surface area contributed by atoms with Crippen molar-refractivity contribution in [2.24, 2.45) is 0 Å². The number of hydrogen-bond donors (Lipinski definition) is 2. The highest BCUT2D eigenvalue weighted by Crippen LogP contribution is 2.43. The van der Waals surface area contributed by atoms with Crippen LogP contribution < -0.4 is 5.32 Å². The Labute approximate surface area is 341 Å². The highest BCUT2D eigenvalue weighted by atomic mass is 31.2. The molecule has 0 spiro atoms. The van der Waals surface area contributed by atoms with E-state index in [4.69, 9.17) is 18.5 Å². The summed E-state index contributed by atoms with van der Waals surface area (Å²) in [7, 11) is -2.68. The van der Waals surface area contributed by atoms with Crippen molar-refractivity contribution >= 4 is 19.8 Å². The molecule has 2 N–H and O–H groups in total. The number of carbonyl (C=O) groups excluding carboxylic acids is 2. The second-order valence-electron chi connectivity index (χ2n) is 13.8. The molecule has 0 saturated carbocycles. The number of hydrogen-bond acceptors (Lipinski definition) is 8. The second-order valence-corrected chi connectivity index (χ2v) is 15.3. The Morgan fingerprint density at radius 2 is 0.982 bits per heavy atom. The summed E-state index contributed by atoms with van der Waals surface area (Å²) in [5.74, 6) is -0.906. The number of ether oxygens (including phenoxy) is 2. The summed E-state index contributed by atoms with van der Waals surface area (Å²) in [5, 5.41) is 2.81. The van der Waals surface area contributed by atoms with Gasteiger partial charge >= 0.3 is 19.8 Å². The molecule has 320 valence electrons. The van der Waals surface area contributed by atoms with Gasteiger partial charge in [-0.3, -0.25) is 18.6 Å². The smallest absolute Gasteiger partial charge is 0.462 e. The molecule has 56 heavy (non-hydrogen) atoms. The largest absolute Gasteiger partial charge is 0.472 e. The van der Waals surface area contributed by atoms with Crippen LogP contribution in [0.4, 0.5) is 0 Å². The van der Waals surface area contributed by atoms with E-state index in [1.165, 1.54) is 51.4 Å². The lowest BCUT2D eigenvalue weighted by Crippen LogP contribution is -2.29. The molecule has 0 amide bonds. The summed E-state index contributed by atoms with van der Waals surface area (Å²) in [5.41, 5.74) is 0. The SMILES string of the molecule is CCCCC/C=C\C/C=C\C/C=C\C/C=C\CCCC(=O)OCC(COP(=O)(O)OCCNC)OC(=O)CCCCCC/C=C\C/C=C\C/C=C\CCCCC.